The van der Waals surface area contributed by atoms with Crippen LogP contribution < -0.4 is 0 Å². The first-order valence-electron chi connectivity index (χ1n) is 8.05. The highest BCUT2D eigenvalue weighted by atomic mass is 16.5. The van der Waals surface area contributed by atoms with E-state index < -0.39 is 0 Å². The topological polar surface area (TPSA) is 43.9 Å². The molecule has 0 amide bonds. The van der Waals surface area contributed by atoms with E-state index >= 15 is 0 Å². The third-order valence-corrected chi connectivity index (χ3v) is 4.36. The van der Waals surface area contributed by atoms with Gasteiger partial charge in [-0.3, -0.25) is 4.68 Å². The van der Waals surface area contributed by atoms with E-state index in [2.05, 4.69) is 37.1 Å². The van der Waals surface area contributed by atoms with E-state index in [0.717, 1.165) is 11.3 Å². The van der Waals surface area contributed by atoms with Crippen LogP contribution >= 0.6 is 0 Å². The van der Waals surface area contributed by atoms with Gasteiger partial charge in [0.1, 0.15) is 6.26 Å². The zero-order valence-corrected chi connectivity index (χ0v) is 13.7. The fraction of sp³-hybridized carbons (Fsp3) is 0.647. The smallest absolute Gasteiger partial charge is 0.133 e. The quantitative estimate of drug-likeness (QED) is 0.661. The van der Waals surface area contributed by atoms with Crippen molar-refractivity contribution in [3.63, 3.8) is 0 Å². The van der Waals surface area contributed by atoms with E-state index in [1.165, 1.54) is 44.2 Å². The summed E-state index contributed by atoms with van der Waals surface area (Å²) in [5.41, 5.74) is 3.41. The van der Waals surface area contributed by atoms with E-state index in [-0.39, 0.29) is 5.41 Å². The van der Waals surface area contributed by atoms with Gasteiger partial charge < -0.3 is 4.52 Å². The predicted octanol–water partition coefficient (Wildman–Crippen LogP) is 4.71. The highest BCUT2D eigenvalue weighted by Gasteiger charge is 2.29. The summed E-state index contributed by atoms with van der Waals surface area (Å²) in [6, 6.07) is 2.20. The van der Waals surface area contributed by atoms with E-state index in [1.807, 2.05) is 11.7 Å². The molecule has 2 rings (SSSR count). The molecule has 1 unspecified atom stereocenters. The Balaban J connectivity index is 2.27. The summed E-state index contributed by atoms with van der Waals surface area (Å²) < 4.78 is 6.96. The summed E-state index contributed by atoms with van der Waals surface area (Å²) in [7, 11) is 2.04. The molecule has 116 valence electrons. The average Bonchev–Trinajstić information content (AvgIpc) is 3.08. The number of hydrogen-bond acceptors (Lipinski definition) is 3. The second kappa shape index (κ2) is 6.92. The summed E-state index contributed by atoms with van der Waals surface area (Å²) in [4.78, 5) is 0. The minimum atomic E-state index is 0.196. The summed E-state index contributed by atoms with van der Waals surface area (Å²) in [5.74, 6) is 0. The maximum absolute atomic E-state index is 4.93. The molecule has 0 N–H and O–H groups in total. The van der Waals surface area contributed by atoms with E-state index in [9.17, 15) is 0 Å². The highest BCUT2D eigenvalue weighted by Crippen LogP contribution is 2.36. The van der Waals surface area contributed by atoms with Crippen LogP contribution in [0, 0.1) is 0 Å². The van der Waals surface area contributed by atoms with Crippen LogP contribution in [0.15, 0.2) is 23.0 Å². The van der Waals surface area contributed by atoms with Crippen molar-refractivity contribution < 1.29 is 4.52 Å². The predicted molar refractivity (Wildman–Crippen MR) is 85.1 cm³/mol. The first-order valence-corrected chi connectivity index (χ1v) is 8.05. The Morgan fingerprint density at radius 1 is 1.19 bits per heavy atom. The lowest BCUT2D eigenvalue weighted by Crippen LogP contribution is -2.25. The molecule has 0 aliphatic carbocycles. The normalized spacial score (nSPS) is 14.3. The molecule has 0 fully saturated rings. The van der Waals surface area contributed by atoms with Crippen molar-refractivity contribution in [2.45, 2.75) is 64.7 Å². The van der Waals surface area contributed by atoms with Crippen LogP contribution in [0.3, 0.4) is 0 Å². The lowest BCUT2D eigenvalue weighted by Gasteiger charge is -2.29. The lowest BCUT2D eigenvalue weighted by atomic mass is 9.77. The van der Waals surface area contributed by atoms with E-state index in [4.69, 9.17) is 4.52 Å². The fourth-order valence-electron chi connectivity index (χ4n) is 3.20. The molecule has 0 aliphatic heterocycles. The highest BCUT2D eigenvalue weighted by molar-refractivity contribution is 5.57. The molecular weight excluding hydrogens is 262 g/mol. The monoisotopic (exact) mass is 289 g/mol. The number of hydrogen-bond donors (Lipinski definition) is 0. The van der Waals surface area contributed by atoms with Crippen LogP contribution in [0.25, 0.3) is 11.3 Å². The second-order valence-electron chi connectivity index (χ2n) is 6.22. The molecule has 0 aromatic carbocycles. The van der Waals surface area contributed by atoms with E-state index in [0.29, 0.717) is 0 Å². The SMILES string of the molecule is CCCCCC(C)(CCC)c1cc(-c2cnoc2)nn1C. The van der Waals surface area contributed by atoms with Crippen LogP contribution in [-0.4, -0.2) is 14.9 Å². The summed E-state index contributed by atoms with van der Waals surface area (Å²) >= 11 is 0. The van der Waals surface area contributed by atoms with Gasteiger partial charge in [0.25, 0.3) is 0 Å². The Kier molecular flexibility index (Phi) is 5.21. The molecule has 2 aromatic heterocycles. The third kappa shape index (κ3) is 3.55. The molecule has 0 aliphatic rings. The first kappa shape index (κ1) is 15.8. The van der Waals surface area contributed by atoms with Crippen molar-refractivity contribution >= 4 is 0 Å². The molecule has 4 heteroatoms. The lowest BCUT2D eigenvalue weighted by molar-refractivity contribution is 0.355. The molecule has 2 aromatic rings. The number of aromatic nitrogens is 3. The Morgan fingerprint density at radius 3 is 2.62 bits per heavy atom. The number of rotatable bonds is 8. The first-order chi connectivity index (χ1) is 10.1. The molecule has 0 saturated carbocycles. The molecule has 0 bridgehead atoms. The van der Waals surface area contributed by atoms with Crippen LogP contribution in [0.2, 0.25) is 0 Å². The van der Waals surface area contributed by atoms with Gasteiger partial charge in [-0.2, -0.15) is 5.10 Å². The van der Waals surface area contributed by atoms with Gasteiger partial charge in [-0.15, -0.1) is 0 Å². The molecular formula is C17H27N3O. The minimum absolute atomic E-state index is 0.196. The molecule has 2 heterocycles. The van der Waals surface area contributed by atoms with Crippen molar-refractivity contribution in [1.29, 1.82) is 0 Å². The third-order valence-electron chi connectivity index (χ3n) is 4.36. The number of aryl methyl sites for hydroxylation is 1. The van der Waals surface area contributed by atoms with Gasteiger partial charge in [0.05, 0.1) is 17.5 Å². The van der Waals surface area contributed by atoms with E-state index in [1.54, 1.807) is 12.5 Å². The summed E-state index contributed by atoms with van der Waals surface area (Å²) in [6.07, 6.45) is 10.8. The van der Waals surface area contributed by atoms with Crippen LogP contribution in [0.4, 0.5) is 0 Å². The molecule has 0 radical (unpaired) electrons. The van der Waals surface area contributed by atoms with Gasteiger partial charge >= 0.3 is 0 Å². The Labute approximate surface area is 127 Å². The largest absolute Gasteiger partial charge is 0.364 e. The Hall–Kier alpha value is -1.58. The fourth-order valence-corrected chi connectivity index (χ4v) is 3.20. The maximum Gasteiger partial charge on any atom is 0.133 e. The Bertz CT molecular complexity index is 544. The van der Waals surface area contributed by atoms with Gasteiger partial charge in [0, 0.05) is 18.2 Å². The summed E-state index contributed by atoms with van der Waals surface area (Å²) in [5, 5.41) is 8.42. The molecule has 0 spiro atoms. The van der Waals surface area contributed by atoms with Crippen LogP contribution in [0.1, 0.15) is 65.0 Å². The zero-order chi connectivity index (χ0) is 15.3. The summed E-state index contributed by atoms with van der Waals surface area (Å²) in [6.45, 7) is 6.89. The van der Waals surface area contributed by atoms with Crippen LogP contribution in [0.5, 0.6) is 0 Å². The maximum atomic E-state index is 4.93. The standard InChI is InChI=1S/C17H27N3O/c1-5-7-8-10-17(3,9-6-2)16-11-15(19-20(16)4)14-12-18-21-13-14/h11-13H,5-10H2,1-4H3. The van der Waals surface area contributed by atoms with Gasteiger partial charge in [0.2, 0.25) is 0 Å². The molecule has 1 atom stereocenters. The number of nitrogens with zero attached hydrogens (tertiary/aromatic N) is 3. The average molecular weight is 289 g/mol. The van der Waals surface area contributed by atoms with Gasteiger partial charge in [-0.25, -0.2) is 0 Å². The molecule has 21 heavy (non-hydrogen) atoms. The van der Waals surface area contributed by atoms with Gasteiger partial charge in [-0.05, 0) is 18.9 Å². The van der Waals surface area contributed by atoms with Crippen molar-refractivity contribution in [2.24, 2.45) is 7.05 Å². The van der Waals surface area contributed by atoms with Crippen LogP contribution in [-0.2, 0) is 12.5 Å². The second-order valence-corrected chi connectivity index (χ2v) is 6.22. The van der Waals surface area contributed by atoms with Gasteiger partial charge in [-0.1, -0.05) is 51.6 Å². The zero-order valence-electron chi connectivity index (χ0n) is 13.7. The van der Waals surface area contributed by atoms with Gasteiger partial charge in [0.15, 0.2) is 0 Å². The Morgan fingerprint density at radius 2 is 2.00 bits per heavy atom. The van der Waals surface area contributed by atoms with Crippen molar-refractivity contribution in [2.75, 3.05) is 0 Å². The van der Waals surface area contributed by atoms with Crippen molar-refractivity contribution in [1.82, 2.24) is 14.9 Å². The minimum Gasteiger partial charge on any atom is -0.364 e. The van der Waals surface area contributed by atoms with Crippen molar-refractivity contribution in [3.05, 3.63) is 24.2 Å². The number of unbranched alkanes of at least 4 members (excludes halogenated alkanes) is 2. The molecule has 0 saturated heterocycles. The molecule has 4 nitrogen and oxygen atoms in total. The van der Waals surface area contributed by atoms with Crippen molar-refractivity contribution in [3.8, 4) is 11.3 Å².